The number of carbonyl (C=O) groups is 1. The van der Waals surface area contributed by atoms with Crippen LogP contribution in [-0.2, 0) is 11.3 Å². The van der Waals surface area contributed by atoms with Gasteiger partial charge in [-0.25, -0.2) is 0 Å². The minimum Gasteiger partial charge on any atom is -0.494 e. The van der Waals surface area contributed by atoms with Gasteiger partial charge in [0.1, 0.15) is 5.75 Å². The second-order valence-electron chi connectivity index (χ2n) is 5.79. The van der Waals surface area contributed by atoms with Crippen LogP contribution in [0.5, 0.6) is 5.75 Å². The molecule has 0 bridgehead atoms. The average molecular weight is 383 g/mol. The molecule has 0 saturated carbocycles. The van der Waals surface area contributed by atoms with Crippen molar-refractivity contribution in [2.24, 2.45) is 0 Å². The van der Waals surface area contributed by atoms with Gasteiger partial charge in [-0.1, -0.05) is 42.1 Å². The summed E-state index contributed by atoms with van der Waals surface area (Å²) in [6.45, 7) is 4.86. The molecule has 3 aromatic rings. The van der Waals surface area contributed by atoms with E-state index in [1.165, 1.54) is 11.8 Å². The monoisotopic (exact) mass is 383 g/mol. The highest BCUT2D eigenvalue weighted by atomic mass is 32.2. The fraction of sp³-hybridized carbons (Fsp3) is 0.250. The van der Waals surface area contributed by atoms with Gasteiger partial charge in [-0.3, -0.25) is 4.79 Å². The standard InChI is InChI=1S/C20H21N3O3S/c1-3-25-17-11-9-16(10-12-17)19-22-23-20(26-19)27-14(2)18(24)21-13-15-7-5-4-6-8-15/h4-12,14H,3,13H2,1-2H3,(H,21,24)/t14-/m1/s1. The third-order valence-electron chi connectivity index (χ3n) is 3.78. The van der Waals surface area contributed by atoms with Crippen molar-refractivity contribution in [2.45, 2.75) is 30.9 Å². The zero-order chi connectivity index (χ0) is 19.1. The van der Waals surface area contributed by atoms with E-state index in [0.717, 1.165) is 16.9 Å². The van der Waals surface area contributed by atoms with Crippen molar-refractivity contribution in [3.8, 4) is 17.2 Å². The summed E-state index contributed by atoms with van der Waals surface area (Å²) in [5.41, 5.74) is 1.86. The predicted octanol–water partition coefficient (Wildman–Crippen LogP) is 3.93. The van der Waals surface area contributed by atoms with Gasteiger partial charge >= 0.3 is 0 Å². The van der Waals surface area contributed by atoms with Gasteiger partial charge in [0.2, 0.25) is 11.8 Å². The first-order valence-corrected chi connectivity index (χ1v) is 9.58. The first-order chi connectivity index (χ1) is 13.2. The fourth-order valence-corrected chi connectivity index (χ4v) is 3.08. The first-order valence-electron chi connectivity index (χ1n) is 8.70. The number of benzene rings is 2. The second kappa shape index (κ2) is 9.23. The van der Waals surface area contributed by atoms with Gasteiger partial charge in [-0.05, 0) is 43.7 Å². The average Bonchev–Trinajstić information content (AvgIpc) is 3.16. The van der Waals surface area contributed by atoms with Crippen LogP contribution in [0.3, 0.4) is 0 Å². The van der Waals surface area contributed by atoms with Crippen LogP contribution in [0.2, 0.25) is 0 Å². The number of hydrogen-bond acceptors (Lipinski definition) is 6. The van der Waals surface area contributed by atoms with Crippen molar-refractivity contribution >= 4 is 17.7 Å². The van der Waals surface area contributed by atoms with E-state index >= 15 is 0 Å². The number of rotatable bonds is 8. The summed E-state index contributed by atoms with van der Waals surface area (Å²) in [7, 11) is 0. The molecule has 0 saturated heterocycles. The van der Waals surface area contributed by atoms with E-state index in [1.807, 2.05) is 68.4 Å². The molecule has 0 radical (unpaired) electrons. The van der Waals surface area contributed by atoms with Crippen molar-refractivity contribution < 1.29 is 13.9 Å². The highest BCUT2D eigenvalue weighted by Gasteiger charge is 2.18. The number of nitrogens with one attached hydrogen (secondary N) is 1. The zero-order valence-electron chi connectivity index (χ0n) is 15.2. The highest BCUT2D eigenvalue weighted by Crippen LogP contribution is 2.27. The van der Waals surface area contributed by atoms with Crippen LogP contribution < -0.4 is 10.1 Å². The third kappa shape index (κ3) is 5.34. The lowest BCUT2D eigenvalue weighted by Gasteiger charge is -2.09. The zero-order valence-corrected chi connectivity index (χ0v) is 16.0. The van der Waals surface area contributed by atoms with Crippen molar-refractivity contribution in [1.29, 1.82) is 0 Å². The Morgan fingerprint density at radius 1 is 1.15 bits per heavy atom. The Bertz CT molecular complexity index is 866. The second-order valence-corrected chi connectivity index (χ2v) is 7.09. The molecule has 1 heterocycles. The largest absolute Gasteiger partial charge is 0.494 e. The Balaban J connectivity index is 1.55. The highest BCUT2D eigenvalue weighted by molar-refractivity contribution is 8.00. The molecule has 0 fully saturated rings. The van der Waals surface area contributed by atoms with Crippen molar-refractivity contribution in [3.05, 3.63) is 60.2 Å². The first kappa shape index (κ1) is 19.0. The Morgan fingerprint density at radius 2 is 1.89 bits per heavy atom. The molecule has 0 aliphatic carbocycles. The van der Waals surface area contributed by atoms with Gasteiger partial charge in [-0.15, -0.1) is 10.2 Å². The normalized spacial score (nSPS) is 11.8. The maximum Gasteiger partial charge on any atom is 0.277 e. The van der Waals surface area contributed by atoms with Gasteiger partial charge in [-0.2, -0.15) is 0 Å². The molecule has 0 aliphatic rings. The van der Waals surface area contributed by atoms with E-state index in [9.17, 15) is 4.79 Å². The van der Waals surface area contributed by atoms with Crippen LogP contribution >= 0.6 is 11.8 Å². The Kier molecular flexibility index (Phi) is 6.49. The number of nitrogens with zero attached hydrogens (tertiary/aromatic N) is 2. The van der Waals surface area contributed by atoms with E-state index < -0.39 is 0 Å². The van der Waals surface area contributed by atoms with E-state index in [2.05, 4.69) is 15.5 Å². The van der Waals surface area contributed by atoms with Crippen LogP contribution in [0.4, 0.5) is 0 Å². The topological polar surface area (TPSA) is 77.2 Å². The number of thioether (sulfide) groups is 1. The summed E-state index contributed by atoms with van der Waals surface area (Å²) in [5, 5.41) is 11.0. The molecular formula is C20H21N3O3S. The van der Waals surface area contributed by atoms with Gasteiger partial charge in [0.05, 0.1) is 11.9 Å². The van der Waals surface area contributed by atoms with Crippen molar-refractivity contribution in [3.63, 3.8) is 0 Å². The van der Waals surface area contributed by atoms with Crippen LogP contribution in [0.15, 0.2) is 64.2 Å². The summed E-state index contributed by atoms with van der Waals surface area (Å²) in [6, 6.07) is 17.2. The lowest BCUT2D eigenvalue weighted by atomic mass is 10.2. The minimum absolute atomic E-state index is 0.0790. The molecule has 6 nitrogen and oxygen atoms in total. The molecule has 1 N–H and O–H groups in total. The van der Waals surface area contributed by atoms with E-state index in [0.29, 0.717) is 24.3 Å². The summed E-state index contributed by atoms with van der Waals surface area (Å²) >= 11 is 1.24. The molecule has 2 aromatic carbocycles. The quantitative estimate of drug-likeness (QED) is 0.594. The molecular weight excluding hydrogens is 362 g/mol. The van der Waals surface area contributed by atoms with Gasteiger partial charge < -0.3 is 14.5 Å². The molecule has 0 unspecified atom stereocenters. The maximum atomic E-state index is 12.3. The number of amides is 1. The number of ether oxygens (including phenoxy) is 1. The molecule has 27 heavy (non-hydrogen) atoms. The SMILES string of the molecule is CCOc1ccc(-c2nnc(S[C@H](C)C(=O)NCc3ccccc3)o2)cc1. The summed E-state index contributed by atoms with van der Waals surface area (Å²) in [4.78, 5) is 12.3. The Labute approximate surface area is 162 Å². The molecule has 0 aliphatic heterocycles. The van der Waals surface area contributed by atoms with Crippen molar-refractivity contribution in [2.75, 3.05) is 6.61 Å². The molecule has 1 aromatic heterocycles. The Hall–Kier alpha value is -2.80. The number of carbonyl (C=O) groups excluding carboxylic acids is 1. The van der Waals surface area contributed by atoms with Gasteiger partial charge in [0, 0.05) is 12.1 Å². The molecule has 0 spiro atoms. The van der Waals surface area contributed by atoms with Crippen molar-refractivity contribution in [1.82, 2.24) is 15.5 Å². The van der Waals surface area contributed by atoms with Crippen LogP contribution in [0.25, 0.3) is 11.5 Å². The molecule has 7 heteroatoms. The van der Waals surface area contributed by atoms with Gasteiger partial charge in [0.25, 0.3) is 5.22 Å². The number of hydrogen-bond donors (Lipinski definition) is 1. The smallest absolute Gasteiger partial charge is 0.277 e. The van der Waals surface area contributed by atoms with Crippen LogP contribution in [0.1, 0.15) is 19.4 Å². The molecule has 1 atom stereocenters. The summed E-state index contributed by atoms with van der Waals surface area (Å²) < 4.78 is 11.1. The molecule has 1 amide bonds. The predicted molar refractivity (Wildman–Crippen MR) is 105 cm³/mol. The minimum atomic E-state index is -0.345. The lowest BCUT2D eigenvalue weighted by Crippen LogP contribution is -2.30. The third-order valence-corrected chi connectivity index (χ3v) is 4.71. The van der Waals surface area contributed by atoms with E-state index in [4.69, 9.17) is 9.15 Å². The number of aromatic nitrogens is 2. The van der Waals surface area contributed by atoms with E-state index in [-0.39, 0.29) is 11.2 Å². The Morgan fingerprint density at radius 3 is 2.59 bits per heavy atom. The summed E-state index contributed by atoms with van der Waals surface area (Å²) in [6.07, 6.45) is 0. The van der Waals surface area contributed by atoms with Crippen LogP contribution in [0, 0.1) is 0 Å². The molecule has 3 rings (SSSR count). The van der Waals surface area contributed by atoms with Crippen LogP contribution in [-0.4, -0.2) is 28.0 Å². The lowest BCUT2D eigenvalue weighted by molar-refractivity contribution is -0.120. The van der Waals surface area contributed by atoms with E-state index in [1.54, 1.807) is 0 Å². The fourth-order valence-electron chi connectivity index (χ4n) is 2.37. The summed E-state index contributed by atoms with van der Waals surface area (Å²) in [5.74, 6) is 1.13. The maximum absolute atomic E-state index is 12.3. The van der Waals surface area contributed by atoms with Gasteiger partial charge in [0.15, 0.2) is 0 Å². The molecule has 140 valence electrons.